The summed E-state index contributed by atoms with van der Waals surface area (Å²) in [5, 5.41) is 0. The molecule has 47 heavy (non-hydrogen) atoms. The minimum Gasteiger partial charge on any atom is -0.493 e. The summed E-state index contributed by atoms with van der Waals surface area (Å²) in [4.78, 5) is 0. The van der Waals surface area contributed by atoms with Crippen LogP contribution in [0.4, 0.5) is 0 Å². The number of benzene rings is 2. The summed E-state index contributed by atoms with van der Waals surface area (Å²) in [5.41, 5.74) is 2.04. The molecule has 0 aliphatic rings. The summed E-state index contributed by atoms with van der Waals surface area (Å²) in [6.45, 7) is 12.2. The van der Waals surface area contributed by atoms with E-state index in [4.69, 9.17) is 23.7 Å². The van der Waals surface area contributed by atoms with Gasteiger partial charge in [-0.2, -0.15) is 0 Å². The smallest absolute Gasteiger partial charge is 0.125 e. The number of ether oxygens (including phenoxy) is 5. The second-order valence-corrected chi connectivity index (χ2v) is 12.9. The molecule has 0 saturated carbocycles. The van der Waals surface area contributed by atoms with Crippen LogP contribution in [0.15, 0.2) is 48.5 Å². The van der Waals surface area contributed by atoms with Crippen molar-refractivity contribution in [2.75, 3.05) is 39.6 Å². The maximum atomic E-state index is 6.90. The van der Waals surface area contributed by atoms with Crippen LogP contribution >= 0.6 is 0 Å². The van der Waals surface area contributed by atoms with Gasteiger partial charge in [-0.3, -0.25) is 0 Å². The maximum Gasteiger partial charge on any atom is 0.125 e. The van der Waals surface area contributed by atoms with Crippen LogP contribution in [0.25, 0.3) is 0 Å². The Morgan fingerprint density at radius 2 is 0.766 bits per heavy atom. The molecule has 2 rings (SSSR count). The normalized spacial score (nSPS) is 12.7. The lowest BCUT2D eigenvalue weighted by molar-refractivity contribution is -0.0887. The minimum absolute atomic E-state index is 0.301. The van der Waals surface area contributed by atoms with Gasteiger partial charge in [-0.1, -0.05) is 153 Å². The van der Waals surface area contributed by atoms with Crippen LogP contribution in [0.1, 0.15) is 167 Å². The van der Waals surface area contributed by atoms with Gasteiger partial charge in [0.25, 0.3) is 0 Å². The Bertz CT molecular complexity index is 901. The molecule has 268 valence electrons. The van der Waals surface area contributed by atoms with Gasteiger partial charge in [-0.25, -0.2) is 0 Å². The van der Waals surface area contributed by atoms with Crippen molar-refractivity contribution >= 4 is 0 Å². The third-order valence-corrected chi connectivity index (χ3v) is 8.82. The molecule has 0 saturated heterocycles. The molecule has 2 aromatic rings. The van der Waals surface area contributed by atoms with Gasteiger partial charge in [0.1, 0.15) is 23.7 Å². The summed E-state index contributed by atoms with van der Waals surface area (Å²) >= 11 is 0. The largest absolute Gasteiger partial charge is 0.493 e. The summed E-state index contributed by atoms with van der Waals surface area (Å²) in [6, 6.07) is 16.5. The molecular weight excluding hydrogens is 584 g/mol. The Morgan fingerprint density at radius 1 is 0.426 bits per heavy atom. The minimum atomic E-state index is -0.301. The number of hydrogen-bond donors (Lipinski definition) is 0. The Hall–Kier alpha value is -2.08. The van der Waals surface area contributed by atoms with Crippen LogP contribution in [0.3, 0.4) is 0 Å². The summed E-state index contributed by atoms with van der Waals surface area (Å²) in [5.74, 6) is 1.75. The maximum absolute atomic E-state index is 6.90. The molecule has 0 fully saturated rings. The van der Waals surface area contributed by atoms with Crippen molar-refractivity contribution in [1.82, 2.24) is 0 Å². The van der Waals surface area contributed by atoms with Gasteiger partial charge in [-0.05, 0) is 38.8 Å². The Morgan fingerprint density at radius 3 is 1.13 bits per heavy atom. The molecule has 5 nitrogen and oxygen atoms in total. The molecule has 0 aromatic heterocycles. The molecule has 0 amide bonds. The van der Waals surface area contributed by atoms with E-state index in [1.165, 1.54) is 103 Å². The molecule has 0 bridgehead atoms. The number of unbranched alkanes of at least 4 members (excludes halogenated alkanes) is 16. The third-order valence-electron chi connectivity index (χ3n) is 8.82. The van der Waals surface area contributed by atoms with Gasteiger partial charge in [0.15, 0.2) is 0 Å². The van der Waals surface area contributed by atoms with Gasteiger partial charge in [0.2, 0.25) is 0 Å². The fourth-order valence-corrected chi connectivity index (χ4v) is 6.00. The molecule has 5 heteroatoms. The number of hydrogen-bond acceptors (Lipinski definition) is 5. The van der Waals surface area contributed by atoms with Gasteiger partial charge in [0, 0.05) is 24.3 Å². The zero-order chi connectivity index (χ0) is 33.6. The van der Waals surface area contributed by atoms with E-state index in [1.807, 2.05) is 26.0 Å². The second-order valence-electron chi connectivity index (χ2n) is 12.9. The van der Waals surface area contributed by atoms with E-state index in [0.29, 0.717) is 39.6 Å². The van der Waals surface area contributed by atoms with E-state index in [-0.39, 0.29) is 12.2 Å². The quantitative estimate of drug-likeness (QED) is 0.0735. The van der Waals surface area contributed by atoms with Crippen molar-refractivity contribution in [3.05, 3.63) is 59.7 Å². The van der Waals surface area contributed by atoms with Crippen molar-refractivity contribution < 1.29 is 23.7 Å². The van der Waals surface area contributed by atoms with Crippen molar-refractivity contribution in [2.45, 2.75) is 155 Å². The van der Waals surface area contributed by atoms with Crippen LogP contribution in [-0.2, 0) is 14.2 Å². The van der Waals surface area contributed by atoms with Crippen LogP contribution in [0, 0.1) is 0 Å². The Labute approximate surface area is 289 Å². The molecule has 2 unspecified atom stereocenters. The lowest BCUT2D eigenvalue weighted by Crippen LogP contribution is -2.21. The topological polar surface area (TPSA) is 46.2 Å². The molecule has 0 aliphatic carbocycles. The standard InChI is InChI=1S/C42H70O5/c1-5-9-11-13-15-17-19-21-27-33-45-39-31-25-23-29-37(39)41(35-43-7-3)47-42(36-44-8-4)38-30-24-26-32-40(38)46-34-28-22-20-18-16-14-12-10-6-2/h23-26,29-32,41-42H,5-22,27-28,33-36H2,1-4H3. The van der Waals surface area contributed by atoms with E-state index >= 15 is 0 Å². The van der Waals surface area contributed by atoms with Crippen LogP contribution in [0.2, 0.25) is 0 Å². The first-order valence-corrected chi connectivity index (χ1v) is 19.5. The average molecular weight is 655 g/mol. The van der Waals surface area contributed by atoms with Crippen molar-refractivity contribution in [1.29, 1.82) is 0 Å². The van der Waals surface area contributed by atoms with Crippen LogP contribution < -0.4 is 9.47 Å². The zero-order valence-electron chi connectivity index (χ0n) is 30.8. The van der Waals surface area contributed by atoms with E-state index in [0.717, 1.165) is 35.5 Å². The van der Waals surface area contributed by atoms with Gasteiger partial charge >= 0.3 is 0 Å². The molecule has 0 heterocycles. The van der Waals surface area contributed by atoms with Gasteiger partial charge < -0.3 is 23.7 Å². The molecule has 2 atom stereocenters. The van der Waals surface area contributed by atoms with Gasteiger partial charge in [-0.15, -0.1) is 0 Å². The monoisotopic (exact) mass is 655 g/mol. The SMILES string of the molecule is CCCCCCCCCCCOc1ccccc1C(COCC)OC(COCC)c1ccccc1OCCCCCCCCCCC. The molecule has 0 radical (unpaired) electrons. The molecule has 0 spiro atoms. The number of para-hydroxylation sites is 2. The summed E-state index contributed by atoms with van der Waals surface area (Å²) in [6.07, 6.45) is 22.8. The molecular formula is C42H70O5. The van der Waals surface area contributed by atoms with Gasteiger partial charge in [0.05, 0.1) is 26.4 Å². The first kappa shape index (κ1) is 41.1. The van der Waals surface area contributed by atoms with Crippen LogP contribution in [0.5, 0.6) is 11.5 Å². The number of rotatable bonds is 32. The molecule has 0 aliphatic heterocycles. The first-order valence-electron chi connectivity index (χ1n) is 19.5. The third kappa shape index (κ3) is 18.9. The zero-order valence-corrected chi connectivity index (χ0v) is 30.8. The predicted octanol–water partition coefficient (Wildman–Crippen LogP) is 12.4. The lowest BCUT2D eigenvalue weighted by atomic mass is 10.1. The highest BCUT2D eigenvalue weighted by Crippen LogP contribution is 2.36. The summed E-state index contributed by atoms with van der Waals surface area (Å²) in [7, 11) is 0. The van der Waals surface area contributed by atoms with E-state index in [9.17, 15) is 0 Å². The van der Waals surface area contributed by atoms with Crippen molar-refractivity contribution in [3.8, 4) is 11.5 Å². The van der Waals surface area contributed by atoms with Crippen molar-refractivity contribution in [3.63, 3.8) is 0 Å². The van der Waals surface area contributed by atoms with Crippen LogP contribution in [-0.4, -0.2) is 39.6 Å². The van der Waals surface area contributed by atoms with E-state index < -0.39 is 0 Å². The fraction of sp³-hybridized carbons (Fsp3) is 0.714. The highest BCUT2D eigenvalue weighted by Gasteiger charge is 2.25. The fourth-order valence-electron chi connectivity index (χ4n) is 6.00. The molecule has 2 aromatic carbocycles. The Balaban J connectivity index is 1.99. The average Bonchev–Trinajstić information content (AvgIpc) is 3.10. The highest BCUT2D eigenvalue weighted by atomic mass is 16.6. The van der Waals surface area contributed by atoms with E-state index in [1.54, 1.807) is 0 Å². The highest BCUT2D eigenvalue weighted by molar-refractivity contribution is 5.37. The summed E-state index contributed by atoms with van der Waals surface area (Å²) < 4.78 is 31.6. The predicted molar refractivity (Wildman–Crippen MR) is 198 cm³/mol. The first-order chi connectivity index (χ1) is 23.2. The second kappa shape index (κ2) is 28.9. The molecule has 0 N–H and O–H groups in total. The Kier molecular flexibility index (Phi) is 25.3. The lowest BCUT2D eigenvalue weighted by Gasteiger charge is -2.28. The van der Waals surface area contributed by atoms with E-state index in [2.05, 4.69) is 50.2 Å². The van der Waals surface area contributed by atoms with Crippen molar-refractivity contribution in [2.24, 2.45) is 0 Å².